The average Bonchev–Trinajstić information content (AvgIpc) is 2.45. The number of carbonyl (C=O) groups excluding carboxylic acids is 1. The SMILES string of the molecule is CCC(CC)C(=O)NCCN(c1c(C)cccc1C)S(C)(=O)=O. The Balaban J connectivity index is 2.89. The van der Waals surface area contributed by atoms with Gasteiger partial charge in [-0.1, -0.05) is 32.0 Å². The predicted octanol–water partition coefficient (Wildman–Crippen LogP) is 2.62. The van der Waals surface area contributed by atoms with E-state index in [1.54, 1.807) is 0 Å². The van der Waals surface area contributed by atoms with E-state index in [2.05, 4.69) is 5.32 Å². The summed E-state index contributed by atoms with van der Waals surface area (Å²) in [5.41, 5.74) is 2.51. The third kappa shape index (κ3) is 5.23. The lowest BCUT2D eigenvalue weighted by Gasteiger charge is -2.26. The molecule has 0 aliphatic rings. The zero-order chi connectivity index (χ0) is 17.6. The van der Waals surface area contributed by atoms with Gasteiger partial charge in [0.05, 0.1) is 18.5 Å². The number of hydrogen-bond donors (Lipinski definition) is 1. The van der Waals surface area contributed by atoms with Crippen molar-refractivity contribution in [2.45, 2.75) is 40.5 Å². The topological polar surface area (TPSA) is 66.5 Å². The van der Waals surface area contributed by atoms with Crippen LogP contribution in [0.2, 0.25) is 0 Å². The molecule has 0 unspecified atom stereocenters. The van der Waals surface area contributed by atoms with Crippen molar-refractivity contribution in [1.29, 1.82) is 0 Å². The van der Waals surface area contributed by atoms with Gasteiger partial charge in [-0.15, -0.1) is 0 Å². The maximum Gasteiger partial charge on any atom is 0.232 e. The zero-order valence-corrected chi connectivity index (χ0v) is 15.5. The molecule has 5 nitrogen and oxygen atoms in total. The Morgan fingerprint density at radius 2 is 1.70 bits per heavy atom. The molecule has 0 atom stereocenters. The Labute approximate surface area is 140 Å². The van der Waals surface area contributed by atoms with Crippen LogP contribution in [0.1, 0.15) is 37.8 Å². The summed E-state index contributed by atoms with van der Waals surface area (Å²) < 4.78 is 25.7. The first-order chi connectivity index (χ1) is 10.7. The summed E-state index contributed by atoms with van der Waals surface area (Å²) >= 11 is 0. The van der Waals surface area contributed by atoms with Crippen LogP contribution in [0.15, 0.2) is 18.2 Å². The highest BCUT2D eigenvalue weighted by atomic mass is 32.2. The van der Waals surface area contributed by atoms with E-state index < -0.39 is 10.0 Å². The fraction of sp³-hybridized carbons (Fsp3) is 0.588. The lowest BCUT2D eigenvalue weighted by molar-refractivity contribution is -0.125. The molecule has 0 saturated carbocycles. The van der Waals surface area contributed by atoms with Gasteiger partial charge in [0.1, 0.15) is 0 Å². The molecule has 0 saturated heterocycles. The van der Waals surface area contributed by atoms with Gasteiger partial charge in [0.15, 0.2) is 0 Å². The van der Waals surface area contributed by atoms with E-state index in [0.717, 1.165) is 24.0 Å². The number of benzene rings is 1. The maximum atomic E-state index is 12.2. The molecule has 0 bridgehead atoms. The Morgan fingerprint density at radius 3 is 2.13 bits per heavy atom. The molecule has 1 rings (SSSR count). The Hall–Kier alpha value is -1.56. The zero-order valence-electron chi connectivity index (χ0n) is 14.7. The smallest absolute Gasteiger partial charge is 0.232 e. The third-order valence-corrected chi connectivity index (χ3v) is 5.23. The summed E-state index contributed by atoms with van der Waals surface area (Å²) in [6, 6.07) is 5.69. The van der Waals surface area contributed by atoms with Crippen molar-refractivity contribution in [3.05, 3.63) is 29.3 Å². The molecule has 0 heterocycles. The number of hydrogen-bond acceptors (Lipinski definition) is 3. The van der Waals surface area contributed by atoms with Gasteiger partial charge in [0.25, 0.3) is 0 Å². The second-order valence-corrected chi connectivity index (χ2v) is 7.79. The lowest BCUT2D eigenvalue weighted by Crippen LogP contribution is -2.40. The highest BCUT2D eigenvalue weighted by molar-refractivity contribution is 7.92. The number of aryl methyl sites for hydroxylation is 2. The quantitative estimate of drug-likeness (QED) is 0.791. The van der Waals surface area contributed by atoms with Crippen LogP contribution in [0.3, 0.4) is 0 Å². The number of para-hydroxylation sites is 1. The van der Waals surface area contributed by atoms with Gasteiger partial charge in [-0.05, 0) is 37.8 Å². The second-order valence-electron chi connectivity index (χ2n) is 5.88. The molecular formula is C17H28N2O3S. The first-order valence-corrected chi connectivity index (χ1v) is 9.88. The summed E-state index contributed by atoms with van der Waals surface area (Å²) in [6.07, 6.45) is 2.77. The van der Waals surface area contributed by atoms with Crippen molar-refractivity contribution in [2.75, 3.05) is 23.7 Å². The second kappa shape index (κ2) is 8.34. The van der Waals surface area contributed by atoms with Crippen molar-refractivity contribution < 1.29 is 13.2 Å². The van der Waals surface area contributed by atoms with Crippen LogP contribution in [0.4, 0.5) is 5.69 Å². The molecule has 23 heavy (non-hydrogen) atoms. The van der Waals surface area contributed by atoms with E-state index in [0.29, 0.717) is 12.2 Å². The molecule has 1 aromatic rings. The molecule has 1 amide bonds. The normalized spacial score (nSPS) is 11.6. The highest BCUT2D eigenvalue weighted by Crippen LogP contribution is 2.26. The fourth-order valence-corrected chi connectivity index (χ4v) is 3.77. The summed E-state index contributed by atoms with van der Waals surface area (Å²) in [5.74, 6) is -0.0214. The van der Waals surface area contributed by atoms with Crippen molar-refractivity contribution in [2.24, 2.45) is 5.92 Å². The molecule has 0 aromatic heterocycles. The minimum Gasteiger partial charge on any atom is -0.354 e. The van der Waals surface area contributed by atoms with Crippen LogP contribution in [0.25, 0.3) is 0 Å². The van der Waals surface area contributed by atoms with Gasteiger partial charge in [-0.3, -0.25) is 9.10 Å². The third-order valence-electron chi connectivity index (χ3n) is 4.06. The van der Waals surface area contributed by atoms with Crippen molar-refractivity contribution in [1.82, 2.24) is 5.32 Å². The van der Waals surface area contributed by atoms with Gasteiger partial charge in [0, 0.05) is 12.5 Å². The number of anilines is 1. The fourth-order valence-electron chi connectivity index (χ4n) is 2.73. The van der Waals surface area contributed by atoms with Gasteiger partial charge in [-0.2, -0.15) is 0 Å². The van der Waals surface area contributed by atoms with Crippen LogP contribution >= 0.6 is 0 Å². The summed E-state index contributed by atoms with van der Waals surface area (Å²) in [6.45, 7) is 8.28. The molecule has 0 radical (unpaired) electrons. The molecule has 0 spiro atoms. The number of amides is 1. The Kier molecular flexibility index (Phi) is 7.06. The number of nitrogens with zero attached hydrogens (tertiary/aromatic N) is 1. The maximum absolute atomic E-state index is 12.2. The van der Waals surface area contributed by atoms with E-state index in [1.807, 2.05) is 45.9 Å². The van der Waals surface area contributed by atoms with Gasteiger partial charge in [-0.25, -0.2) is 8.42 Å². The minimum absolute atomic E-state index is 0.00930. The van der Waals surface area contributed by atoms with Crippen molar-refractivity contribution in [3.63, 3.8) is 0 Å². The molecule has 6 heteroatoms. The predicted molar refractivity (Wildman–Crippen MR) is 95.2 cm³/mol. The molecule has 0 fully saturated rings. The Morgan fingerprint density at radius 1 is 1.17 bits per heavy atom. The molecule has 0 aliphatic carbocycles. The van der Waals surface area contributed by atoms with Crippen LogP contribution in [-0.2, 0) is 14.8 Å². The van der Waals surface area contributed by atoms with E-state index in [9.17, 15) is 13.2 Å². The van der Waals surface area contributed by atoms with E-state index in [1.165, 1.54) is 10.6 Å². The monoisotopic (exact) mass is 340 g/mol. The number of carbonyl (C=O) groups is 1. The standard InChI is InChI=1S/C17H28N2O3S/c1-6-15(7-2)17(20)18-11-12-19(23(5,21)22)16-13(3)9-8-10-14(16)4/h8-10,15H,6-7,11-12H2,1-5H3,(H,18,20). The van der Waals surface area contributed by atoms with E-state index in [-0.39, 0.29) is 18.4 Å². The first kappa shape index (κ1) is 19.5. The van der Waals surface area contributed by atoms with Gasteiger partial charge < -0.3 is 5.32 Å². The Bertz CT molecular complexity index is 617. The van der Waals surface area contributed by atoms with Gasteiger partial charge >= 0.3 is 0 Å². The van der Waals surface area contributed by atoms with Crippen LogP contribution in [0, 0.1) is 19.8 Å². The average molecular weight is 340 g/mol. The molecule has 130 valence electrons. The van der Waals surface area contributed by atoms with Crippen molar-refractivity contribution >= 4 is 21.6 Å². The largest absolute Gasteiger partial charge is 0.354 e. The molecule has 1 N–H and O–H groups in total. The first-order valence-electron chi connectivity index (χ1n) is 8.04. The number of nitrogens with one attached hydrogen (secondary N) is 1. The molecule has 1 aromatic carbocycles. The van der Waals surface area contributed by atoms with Crippen molar-refractivity contribution in [3.8, 4) is 0 Å². The molecular weight excluding hydrogens is 312 g/mol. The lowest BCUT2D eigenvalue weighted by atomic mass is 10.0. The van der Waals surface area contributed by atoms with E-state index >= 15 is 0 Å². The number of rotatable bonds is 8. The molecule has 0 aliphatic heterocycles. The van der Waals surface area contributed by atoms with Crippen LogP contribution < -0.4 is 9.62 Å². The van der Waals surface area contributed by atoms with Crippen LogP contribution in [0.5, 0.6) is 0 Å². The van der Waals surface area contributed by atoms with E-state index in [4.69, 9.17) is 0 Å². The highest BCUT2D eigenvalue weighted by Gasteiger charge is 2.21. The number of sulfonamides is 1. The summed E-state index contributed by atoms with van der Waals surface area (Å²) in [7, 11) is -3.41. The summed E-state index contributed by atoms with van der Waals surface area (Å²) in [5, 5.41) is 2.85. The summed E-state index contributed by atoms with van der Waals surface area (Å²) in [4.78, 5) is 12.0. The van der Waals surface area contributed by atoms with Gasteiger partial charge in [0.2, 0.25) is 15.9 Å². The van der Waals surface area contributed by atoms with Crippen LogP contribution in [-0.4, -0.2) is 33.7 Å². The minimum atomic E-state index is -3.41.